The van der Waals surface area contributed by atoms with Gasteiger partial charge in [-0.1, -0.05) is 28.1 Å². The molecule has 4 rings (SSSR count). The van der Waals surface area contributed by atoms with Gasteiger partial charge >= 0.3 is 6.18 Å². The fourth-order valence-corrected chi connectivity index (χ4v) is 4.58. The van der Waals surface area contributed by atoms with Gasteiger partial charge in [0, 0.05) is 27.8 Å². The number of fused-ring (bicyclic) bond motifs is 1. The highest BCUT2D eigenvalue weighted by molar-refractivity contribution is 9.10. The summed E-state index contributed by atoms with van der Waals surface area (Å²) in [5.74, 6) is 0.124. The summed E-state index contributed by atoms with van der Waals surface area (Å²) in [6, 6.07) is 10.8. The van der Waals surface area contributed by atoms with Crippen LogP contribution in [0.4, 0.5) is 19.0 Å². The molecule has 0 atom stereocenters. The van der Waals surface area contributed by atoms with Crippen molar-refractivity contribution in [2.45, 2.75) is 11.1 Å². The van der Waals surface area contributed by atoms with Gasteiger partial charge in [0.25, 0.3) is 10.0 Å². The number of anilines is 1. The number of halogens is 4. The van der Waals surface area contributed by atoms with E-state index in [1.54, 1.807) is 12.1 Å². The number of aromatic nitrogens is 3. The highest BCUT2D eigenvalue weighted by atomic mass is 79.9. The molecule has 11 heteroatoms. The molecule has 0 radical (unpaired) electrons. The first-order chi connectivity index (χ1) is 14.6. The summed E-state index contributed by atoms with van der Waals surface area (Å²) in [5.41, 5.74) is 0.0895. The third-order valence-electron chi connectivity index (χ3n) is 4.42. The zero-order chi connectivity index (χ0) is 22.2. The van der Waals surface area contributed by atoms with Gasteiger partial charge in [0.05, 0.1) is 16.2 Å². The Morgan fingerprint density at radius 1 is 0.935 bits per heavy atom. The van der Waals surface area contributed by atoms with Crippen molar-refractivity contribution in [3.63, 3.8) is 0 Å². The van der Waals surface area contributed by atoms with Crippen LogP contribution in [0.3, 0.4) is 0 Å². The lowest BCUT2D eigenvalue weighted by atomic mass is 10.0. The van der Waals surface area contributed by atoms with Crippen molar-refractivity contribution < 1.29 is 21.6 Å². The molecule has 0 fully saturated rings. The Balaban J connectivity index is 1.76. The van der Waals surface area contributed by atoms with Crippen LogP contribution < -0.4 is 4.72 Å². The van der Waals surface area contributed by atoms with Crippen molar-refractivity contribution in [1.82, 2.24) is 15.0 Å². The van der Waals surface area contributed by atoms with Crippen LogP contribution in [0.15, 0.2) is 76.6 Å². The zero-order valence-electron chi connectivity index (χ0n) is 15.4. The monoisotopic (exact) mass is 508 g/mol. The smallest absolute Gasteiger partial charge is 0.263 e. The number of sulfonamides is 1. The van der Waals surface area contributed by atoms with Gasteiger partial charge in [-0.2, -0.15) is 13.2 Å². The second kappa shape index (κ2) is 7.89. The number of nitrogens with zero attached hydrogens (tertiary/aromatic N) is 3. The first-order valence-corrected chi connectivity index (χ1v) is 11.0. The minimum absolute atomic E-state index is 0.00208. The molecule has 2 aromatic carbocycles. The summed E-state index contributed by atoms with van der Waals surface area (Å²) in [4.78, 5) is 11.9. The third-order valence-corrected chi connectivity index (χ3v) is 6.43. The average Bonchev–Trinajstić information content (AvgIpc) is 2.73. The molecule has 2 aromatic heterocycles. The van der Waals surface area contributed by atoms with E-state index in [1.807, 2.05) is 0 Å². The number of pyridine rings is 1. The molecule has 0 aliphatic carbocycles. The van der Waals surface area contributed by atoms with Gasteiger partial charge in [0.1, 0.15) is 12.1 Å². The van der Waals surface area contributed by atoms with Crippen LogP contribution in [-0.4, -0.2) is 23.4 Å². The van der Waals surface area contributed by atoms with E-state index in [0.29, 0.717) is 22.0 Å². The highest BCUT2D eigenvalue weighted by Crippen LogP contribution is 2.37. The molecule has 0 spiro atoms. The van der Waals surface area contributed by atoms with Crippen LogP contribution in [0, 0.1) is 0 Å². The standard InChI is InChI=1S/C20H12BrF3N4O2S/c21-17-10-13(20(22,23)24)1-3-16(17)19-15-4-2-14(9-12(15)5-8-26-19)31(29,30)28-18-6-7-25-11-27-18/h1-11H,(H,25,27,28). The number of hydrogen-bond acceptors (Lipinski definition) is 5. The van der Waals surface area contributed by atoms with Gasteiger partial charge in [-0.05, 0) is 41.8 Å². The number of benzene rings is 2. The van der Waals surface area contributed by atoms with E-state index in [-0.39, 0.29) is 15.2 Å². The first-order valence-electron chi connectivity index (χ1n) is 8.70. The number of hydrogen-bond donors (Lipinski definition) is 1. The Labute approximate surface area is 183 Å². The van der Waals surface area contributed by atoms with Gasteiger partial charge in [0.2, 0.25) is 0 Å². The predicted octanol–water partition coefficient (Wildman–Crippen LogP) is 5.27. The minimum atomic E-state index is -4.47. The second-order valence-electron chi connectivity index (χ2n) is 6.44. The maximum absolute atomic E-state index is 13.0. The molecule has 0 amide bonds. The van der Waals surface area contributed by atoms with E-state index in [1.165, 1.54) is 43.0 Å². The predicted molar refractivity (Wildman–Crippen MR) is 113 cm³/mol. The Morgan fingerprint density at radius 3 is 2.42 bits per heavy atom. The fourth-order valence-electron chi connectivity index (χ4n) is 2.97. The highest BCUT2D eigenvalue weighted by Gasteiger charge is 2.31. The molecule has 2 heterocycles. The Morgan fingerprint density at radius 2 is 1.74 bits per heavy atom. The number of alkyl halides is 3. The first kappa shape index (κ1) is 21.2. The van der Waals surface area contributed by atoms with Crippen molar-refractivity contribution in [1.29, 1.82) is 0 Å². The molecular formula is C20H12BrF3N4O2S. The van der Waals surface area contributed by atoms with Gasteiger partial charge in [-0.3, -0.25) is 9.71 Å². The average molecular weight is 509 g/mol. The quantitative estimate of drug-likeness (QED) is 0.405. The topological polar surface area (TPSA) is 84.8 Å². The van der Waals surface area contributed by atoms with Crippen molar-refractivity contribution in [2.75, 3.05) is 4.72 Å². The SMILES string of the molecule is O=S(=O)(Nc1ccncn1)c1ccc2c(-c3ccc(C(F)(F)F)cc3Br)nccc2c1. The molecule has 6 nitrogen and oxygen atoms in total. The van der Waals surface area contributed by atoms with Crippen LogP contribution in [0.2, 0.25) is 0 Å². The van der Waals surface area contributed by atoms with E-state index in [4.69, 9.17) is 0 Å². The fraction of sp³-hybridized carbons (Fsp3) is 0.0500. The maximum Gasteiger partial charge on any atom is 0.416 e. The summed E-state index contributed by atoms with van der Waals surface area (Å²) in [6.07, 6.45) is -0.369. The minimum Gasteiger partial charge on any atom is -0.263 e. The zero-order valence-corrected chi connectivity index (χ0v) is 17.8. The molecule has 4 aromatic rings. The Hall–Kier alpha value is -3.05. The summed E-state index contributed by atoms with van der Waals surface area (Å²) >= 11 is 3.19. The van der Waals surface area contributed by atoms with Crippen LogP contribution >= 0.6 is 15.9 Å². The molecule has 31 heavy (non-hydrogen) atoms. The molecule has 0 aliphatic rings. The van der Waals surface area contributed by atoms with Crippen molar-refractivity contribution >= 4 is 42.5 Å². The van der Waals surface area contributed by atoms with Crippen LogP contribution in [-0.2, 0) is 16.2 Å². The Bertz CT molecular complexity index is 1380. The lowest BCUT2D eigenvalue weighted by Gasteiger charge is -2.12. The van der Waals surface area contributed by atoms with Gasteiger partial charge in [-0.15, -0.1) is 0 Å². The van der Waals surface area contributed by atoms with E-state index in [9.17, 15) is 21.6 Å². The molecule has 0 aliphatic heterocycles. The maximum atomic E-state index is 13.0. The van der Waals surface area contributed by atoms with E-state index < -0.39 is 21.8 Å². The molecule has 0 bridgehead atoms. The molecule has 1 N–H and O–H groups in total. The van der Waals surface area contributed by atoms with E-state index in [2.05, 4.69) is 35.6 Å². The second-order valence-corrected chi connectivity index (χ2v) is 8.97. The van der Waals surface area contributed by atoms with Gasteiger partial charge < -0.3 is 0 Å². The Kier molecular flexibility index (Phi) is 5.40. The molecular weight excluding hydrogens is 497 g/mol. The van der Waals surface area contributed by atoms with Crippen molar-refractivity contribution in [3.05, 3.63) is 77.3 Å². The lowest BCUT2D eigenvalue weighted by molar-refractivity contribution is -0.137. The largest absolute Gasteiger partial charge is 0.416 e. The number of rotatable bonds is 4. The van der Waals surface area contributed by atoms with E-state index in [0.717, 1.165) is 12.1 Å². The van der Waals surface area contributed by atoms with Crippen LogP contribution in [0.1, 0.15) is 5.56 Å². The molecule has 0 saturated carbocycles. The summed E-state index contributed by atoms with van der Waals surface area (Å²) in [6.45, 7) is 0. The molecule has 0 unspecified atom stereocenters. The molecule has 158 valence electrons. The lowest BCUT2D eigenvalue weighted by Crippen LogP contribution is -2.13. The van der Waals surface area contributed by atoms with Gasteiger partial charge in [-0.25, -0.2) is 18.4 Å². The number of nitrogens with one attached hydrogen (secondary N) is 1. The molecule has 0 saturated heterocycles. The van der Waals surface area contributed by atoms with E-state index >= 15 is 0 Å². The summed E-state index contributed by atoms with van der Waals surface area (Å²) in [5, 5.41) is 1.14. The van der Waals surface area contributed by atoms with Crippen LogP contribution in [0.5, 0.6) is 0 Å². The van der Waals surface area contributed by atoms with Crippen molar-refractivity contribution in [2.24, 2.45) is 0 Å². The normalized spacial score (nSPS) is 12.1. The van der Waals surface area contributed by atoms with Gasteiger partial charge in [0.15, 0.2) is 0 Å². The summed E-state index contributed by atoms with van der Waals surface area (Å²) < 4.78 is 66.8. The van der Waals surface area contributed by atoms with Crippen molar-refractivity contribution in [3.8, 4) is 11.3 Å². The van der Waals surface area contributed by atoms with Crippen LogP contribution in [0.25, 0.3) is 22.0 Å². The third kappa shape index (κ3) is 4.37. The summed E-state index contributed by atoms with van der Waals surface area (Å²) in [7, 11) is -3.91.